The van der Waals surface area contributed by atoms with E-state index in [9.17, 15) is 13.6 Å². The van der Waals surface area contributed by atoms with Crippen LogP contribution in [0.25, 0.3) is 0 Å². The molecule has 2 N–H and O–H groups in total. The number of amides is 1. The van der Waals surface area contributed by atoms with Gasteiger partial charge in [0.25, 0.3) is 0 Å². The van der Waals surface area contributed by atoms with Crippen LogP contribution in [-0.4, -0.2) is 12.5 Å². The monoisotopic (exact) mass is 418 g/mol. The fraction of sp³-hybridized carbons (Fsp3) is 0.0714. The van der Waals surface area contributed by atoms with Crippen LogP contribution in [0.15, 0.2) is 45.3 Å². The molecule has 21 heavy (non-hydrogen) atoms. The van der Waals surface area contributed by atoms with E-state index in [1.807, 2.05) is 6.07 Å². The van der Waals surface area contributed by atoms with Gasteiger partial charge in [0.05, 0.1) is 17.9 Å². The van der Waals surface area contributed by atoms with Crippen molar-refractivity contribution >= 4 is 49.1 Å². The number of benzene rings is 2. The number of hydrogen-bond donors (Lipinski definition) is 2. The van der Waals surface area contributed by atoms with E-state index >= 15 is 0 Å². The average molecular weight is 420 g/mol. The highest BCUT2D eigenvalue weighted by molar-refractivity contribution is 9.11. The van der Waals surface area contributed by atoms with E-state index in [1.165, 1.54) is 0 Å². The van der Waals surface area contributed by atoms with Crippen LogP contribution in [0.4, 0.5) is 20.2 Å². The number of hydrogen-bond acceptors (Lipinski definition) is 2. The maximum absolute atomic E-state index is 13.6. The van der Waals surface area contributed by atoms with Crippen LogP contribution in [-0.2, 0) is 4.79 Å². The Kier molecular flexibility index (Phi) is 5.30. The molecule has 0 aliphatic heterocycles. The lowest BCUT2D eigenvalue weighted by atomic mass is 10.3. The summed E-state index contributed by atoms with van der Waals surface area (Å²) in [5.41, 5.74) is 0.654. The molecule has 110 valence electrons. The van der Waals surface area contributed by atoms with E-state index < -0.39 is 11.6 Å². The van der Waals surface area contributed by atoms with Crippen molar-refractivity contribution in [3.8, 4) is 0 Å². The maximum Gasteiger partial charge on any atom is 0.243 e. The molecule has 0 saturated heterocycles. The first-order chi connectivity index (χ1) is 9.97. The van der Waals surface area contributed by atoms with E-state index in [4.69, 9.17) is 0 Å². The SMILES string of the molecule is O=C(CNc1c(F)cc(F)cc1Br)Nc1ccccc1Br. The second-order valence-corrected chi connectivity index (χ2v) is 5.83. The first kappa shape index (κ1) is 15.9. The van der Waals surface area contributed by atoms with E-state index in [0.29, 0.717) is 5.69 Å². The number of carbonyl (C=O) groups is 1. The van der Waals surface area contributed by atoms with Crippen LogP contribution in [0, 0.1) is 11.6 Å². The van der Waals surface area contributed by atoms with E-state index in [2.05, 4.69) is 42.5 Å². The van der Waals surface area contributed by atoms with Crippen molar-refractivity contribution in [3.63, 3.8) is 0 Å². The Morgan fingerprint density at radius 1 is 1.10 bits per heavy atom. The molecule has 0 bridgehead atoms. The molecule has 0 radical (unpaired) electrons. The molecule has 0 aliphatic carbocycles. The first-order valence-electron chi connectivity index (χ1n) is 5.90. The highest BCUT2D eigenvalue weighted by atomic mass is 79.9. The van der Waals surface area contributed by atoms with Gasteiger partial charge in [0.15, 0.2) is 0 Å². The minimum absolute atomic E-state index is 0.0404. The number of anilines is 2. The number of nitrogens with one attached hydrogen (secondary N) is 2. The number of carbonyl (C=O) groups excluding carboxylic acids is 1. The molecule has 0 aliphatic rings. The lowest BCUT2D eigenvalue weighted by Crippen LogP contribution is -2.22. The standard InChI is InChI=1S/C14H10Br2F2N2O/c15-9-3-1-2-4-12(9)20-13(21)7-19-14-10(16)5-8(17)6-11(14)18/h1-6,19H,7H2,(H,20,21). The minimum Gasteiger partial charge on any atom is -0.373 e. The molecule has 0 atom stereocenters. The molecule has 0 spiro atoms. The maximum atomic E-state index is 13.6. The Bertz CT molecular complexity index is 657. The van der Waals surface area contributed by atoms with Gasteiger partial charge >= 0.3 is 0 Å². The van der Waals surface area contributed by atoms with E-state index in [1.54, 1.807) is 18.2 Å². The summed E-state index contributed by atoms with van der Waals surface area (Å²) in [6.45, 7) is -0.150. The van der Waals surface area contributed by atoms with Crippen molar-refractivity contribution in [1.82, 2.24) is 0 Å². The molecule has 2 aromatic carbocycles. The highest BCUT2D eigenvalue weighted by Gasteiger charge is 2.11. The topological polar surface area (TPSA) is 41.1 Å². The van der Waals surface area contributed by atoms with Crippen LogP contribution >= 0.6 is 31.9 Å². The van der Waals surface area contributed by atoms with Gasteiger partial charge in [0.2, 0.25) is 5.91 Å². The van der Waals surface area contributed by atoms with Gasteiger partial charge < -0.3 is 10.6 Å². The van der Waals surface area contributed by atoms with E-state index in [0.717, 1.165) is 16.6 Å². The highest BCUT2D eigenvalue weighted by Crippen LogP contribution is 2.26. The second-order valence-electron chi connectivity index (χ2n) is 4.13. The van der Waals surface area contributed by atoms with Crippen molar-refractivity contribution in [1.29, 1.82) is 0 Å². The van der Waals surface area contributed by atoms with Crippen LogP contribution < -0.4 is 10.6 Å². The summed E-state index contributed by atoms with van der Waals surface area (Å²) in [5, 5.41) is 5.30. The summed E-state index contributed by atoms with van der Waals surface area (Å²) >= 11 is 6.35. The Morgan fingerprint density at radius 3 is 2.48 bits per heavy atom. The third-order valence-electron chi connectivity index (χ3n) is 2.58. The molecule has 0 aromatic heterocycles. The van der Waals surface area contributed by atoms with E-state index in [-0.39, 0.29) is 22.6 Å². The van der Waals surface area contributed by atoms with Crippen molar-refractivity contribution in [2.45, 2.75) is 0 Å². The van der Waals surface area contributed by atoms with Gasteiger partial charge in [-0.05, 0) is 50.1 Å². The summed E-state index contributed by atoms with van der Waals surface area (Å²) in [4.78, 5) is 11.8. The molecule has 3 nitrogen and oxygen atoms in total. The summed E-state index contributed by atoms with van der Waals surface area (Å²) in [6.07, 6.45) is 0. The number of para-hydroxylation sites is 1. The third kappa shape index (κ3) is 4.25. The summed E-state index contributed by atoms with van der Waals surface area (Å²) < 4.78 is 27.5. The molecular formula is C14H10Br2F2N2O. The second kappa shape index (κ2) is 7.00. The molecular weight excluding hydrogens is 410 g/mol. The zero-order chi connectivity index (χ0) is 15.4. The number of rotatable bonds is 4. The Morgan fingerprint density at radius 2 is 1.81 bits per heavy atom. The molecule has 0 unspecified atom stereocenters. The Labute approximate surface area is 137 Å². The smallest absolute Gasteiger partial charge is 0.243 e. The molecule has 2 aromatic rings. The van der Waals surface area contributed by atoms with Gasteiger partial charge in [-0.15, -0.1) is 0 Å². The third-order valence-corrected chi connectivity index (χ3v) is 3.90. The predicted octanol–water partition coefficient (Wildman–Crippen LogP) is 4.54. The predicted molar refractivity (Wildman–Crippen MR) is 85.3 cm³/mol. The summed E-state index contributed by atoms with van der Waals surface area (Å²) in [5.74, 6) is -1.81. The normalized spacial score (nSPS) is 10.3. The molecule has 7 heteroatoms. The average Bonchev–Trinajstić information content (AvgIpc) is 2.40. The Balaban J connectivity index is 2.01. The Hall–Kier alpha value is -1.47. The minimum atomic E-state index is -0.768. The first-order valence-corrected chi connectivity index (χ1v) is 7.49. The van der Waals surface area contributed by atoms with Gasteiger partial charge in [-0.25, -0.2) is 8.78 Å². The summed E-state index contributed by atoms with van der Waals surface area (Å²) in [6, 6.07) is 9.00. The summed E-state index contributed by atoms with van der Waals surface area (Å²) in [7, 11) is 0. The molecule has 0 fully saturated rings. The lowest BCUT2D eigenvalue weighted by molar-refractivity contribution is -0.114. The van der Waals surface area contributed by atoms with Gasteiger partial charge in [-0.1, -0.05) is 12.1 Å². The zero-order valence-corrected chi connectivity index (χ0v) is 13.8. The van der Waals surface area contributed by atoms with Gasteiger partial charge in [0.1, 0.15) is 11.6 Å². The quantitative estimate of drug-likeness (QED) is 0.763. The van der Waals surface area contributed by atoms with Crippen molar-refractivity contribution in [2.24, 2.45) is 0 Å². The van der Waals surface area contributed by atoms with Gasteiger partial charge in [0, 0.05) is 15.0 Å². The van der Waals surface area contributed by atoms with Crippen molar-refractivity contribution < 1.29 is 13.6 Å². The van der Waals surface area contributed by atoms with Gasteiger partial charge in [-0.3, -0.25) is 4.79 Å². The molecule has 1 amide bonds. The van der Waals surface area contributed by atoms with Crippen molar-refractivity contribution in [3.05, 3.63) is 57.0 Å². The molecule has 2 rings (SSSR count). The number of halogens is 4. The zero-order valence-electron chi connectivity index (χ0n) is 10.6. The van der Waals surface area contributed by atoms with Gasteiger partial charge in [-0.2, -0.15) is 0 Å². The van der Waals surface area contributed by atoms with Crippen LogP contribution in [0.3, 0.4) is 0 Å². The van der Waals surface area contributed by atoms with Crippen LogP contribution in [0.2, 0.25) is 0 Å². The molecule has 0 saturated carbocycles. The lowest BCUT2D eigenvalue weighted by Gasteiger charge is -2.11. The fourth-order valence-corrected chi connectivity index (χ4v) is 2.57. The fourth-order valence-electron chi connectivity index (χ4n) is 1.64. The van der Waals surface area contributed by atoms with Crippen LogP contribution in [0.1, 0.15) is 0 Å². The molecule has 0 heterocycles. The largest absolute Gasteiger partial charge is 0.373 e. The van der Waals surface area contributed by atoms with Crippen molar-refractivity contribution in [2.75, 3.05) is 17.2 Å². The van der Waals surface area contributed by atoms with Crippen LogP contribution in [0.5, 0.6) is 0 Å².